The SMILES string of the molecule is CCc1ccc(CC)c(C(=O)c2cccc(C)c2Br)c1. The molecule has 1 nitrogen and oxygen atoms in total. The smallest absolute Gasteiger partial charge is 0.194 e. The van der Waals surface area contributed by atoms with Crippen molar-refractivity contribution in [3.05, 3.63) is 68.7 Å². The van der Waals surface area contributed by atoms with E-state index in [1.54, 1.807) is 0 Å². The predicted octanol–water partition coefficient (Wildman–Crippen LogP) is 5.11. The number of hydrogen-bond donors (Lipinski definition) is 0. The third-order valence-corrected chi connectivity index (χ3v) is 4.70. The zero-order valence-corrected chi connectivity index (χ0v) is 13.8. The Balaban J connectivity index is 2.55. The van der Waals surface area contributed by atoms with Crippen LogP contribution in [-0.4, -0.2) is 5.78 Å². The lowest BCUT2D eigenvalue weighted by Crippen LogP contribution is -2.07. The van der Waals surface area contributed by atoms with Crippen molar-refractivity contribution in [2.45, 2.75) is 33.6 Å². The molecule has 104 valence electrons. The maximum atomic E-state index is 12.8. The highest BCUT2D eigenvalue weighted by Gasteiger charge is 2.16. The molecule has 0 unspecified atom stereocenters. The lowest BCUT2D eigenvalue weighted by atomic mass is 9.94. The van der Waals surface area contributed by atoms with Crippen molar-refractivity contribution in [3.8, 4) is 0 Å². The molecule has 2 heteroatoms. The Kier molecular flexibility index (Phi) is 4.77. The summed E-state index contributed by atoms with van der Waals surface area (Å²) in [4.78, 5) is 12.8. The van der Waals surface area contributed by atoms with Gasteiger partial charge in [-0.2, -0.15) is 0 Å². The summed E-state index contributed by atoms with van der Waals surface area (Å²) in [6, 6.07) is 12.1. The van der Waals surface area contributed by atoms with Gasteiger partial charge in [-0.3, -0.25) is 4.79 Å². The minimum absolute atomic E-state index is 0.104. The zero-order chi connectivity index (χ0) is 14.7. The second-order valence-corrected chi connectivity index (χ2v) is 5.76. The number of aryl methyl sites for hydroxylation is 3. The third kappa shape index (κ3) is 2.85. The van der Waals surface area contributed by atoms with Crippen molar-refractivity contribution >= 4 is 21.7 Å². The van der Waals surface area contributed by atoms with Gasteiger partial charge in [-0.1, -0.05) is 38.1 Å². The number of benzene rings is 2. The molecule has 2 aromatic rings. The minimum atomic E-state index is 0.104. The van der Waals surface area contributed by atoms with E-state index in [4.69, 9.17) is 0 Å². The van der Waals surface area contributed by atoms with Gasteiger partial charge < -0.3 is 0 Å². The van der Waals surface area contributed by atoms with Crippen LogP contribution in [0.1, 0.15) is 46.5 Å². The van der Waals surface area contributed by atoms with Crippen LogP contribution in [0.5, 0.6) is 0 Å². The zero-order valence-electron chi connectivity index (χ0n) is 12.2. The van der Waals surface area contributed by atoms with Gasteiger partial charge in [0.05, 0.1) is 0 Å². The van der Waals surface area contributed by atoms with Gasteiger partial charge in [0.25, 0.3) is 0 Å². The van der Waals surface area contributed by atoms with Crippen LogP contribution in [-0.2, 0) is 12.8 Å². The van der Waals surface area contributed by atoms with Gasteiger partial charge >= 0.3 is 0 Å². The Morgan fingerprint density at radius 2 is 1.80 bits per heavy atom. The topological polar surface area (TPSA) is 17.1 Å². The number of carbonyl (C=O) groups is 1. The standard InChI is InChI=1S/C18H19BrO/c1-4-13-9-10-14(5-2)16(11-13)18(20)15-8-6-7-12(3)17(15)19/h6-11H,4-5H2,1-3H3. The van der Waals surface area contributed by atoms with Crippen molar-refractivity contribution in [2.75, 3.05) is 0 Å². The van der Waals surface area contributed by atoms with Crippen molar-refractivity contribution in [2.24, 2.45) is 0 Å². The van der Waals surface area contributed by atoms with Gasteiger partial charge in [0.1, 0.15) is 0 Å². The van der Waals surface area contributed by atoms with Crippen LogP contribution in [0, 0.1) is 6.92 Å². The first-order valence-corrected chi connectivity index (χ1v) is 7.79. The quantitative estimate of drug-likeness (QED) is 0.711. The number of carbonyl (C=O) groups excluding carboxylic acids is 1. The molecule has 0 saturated heterocycles. The van der Waals surface area contributed by atoms with Crippen molar-refractivity contribution < 1.29 is 4.79 Å². The Labute approximate surface area is 129 Å². The van der Waals surface area contributed by atoms with E-state index >= 15 is 0 Å². The molecule has 20 heavy (non-hydrogen) atoms. The summed E-state index contributed by atoms with van der Waals surface area (Å²) < 4.78 is 0.897. The van der Waals surface area contributed by atoms with Gasteiger partial charge in [-0.15, -0.1) is 0 Å². The molecule has 0 aliphatic carbocycles. The first-order chi connectivity index (χ1) is 9.58. The molecule has 0 bridgehead atoms. The van der Waals surface area contributed by atoms with Gasteiger partial charge in [0, 0.05) is 15.6 Å². The lowest BCUT2D eigenvalue weighted by Gasteiger charge is -2.11. The first-order valence-electron chi connectivity index (χ1n) is 7.00. The molecule has 0 saturated carbocycles. The minimum Gasteiger partial charge on any atom is -0.289 e. The highest BCUT2D eigenvalue weighted by atomic mass is 79.9. The van der Waals surface area contributed by atoms with Crippen molar-refractivity contribution in [1.82, 2.24) is 0 Å². The predicted molar refractivity (Wildman–Crippen MR) is 87.5 cm³/mol. The maximum Gasteiger partial charge on any atom is 0.194 e. The van der Waals surface area contributed by atoms with Crippen LogP contribution in [0.4, 0.5) is 0 Å². The summed E-state index contributed by atoms with van der Waals surface area (Å²) in [6.07, 6.45) is 1.81. The molecule has 0 amide bonds. The van der Waals surface area contributed by atoms with E-state index in [2.05, 4.69) is 41.9 Å². The maximum absolute atomic E-state index is 12.8. The number of ketones is 1. The Morgan fingerprint density at radius 3 is 2.45 bits per heavy atom. The Bertz CT molecular complexity index is 644. The molecule has 0 aliphatic rings. The van der Waals surface area contributed by atoms with Crippen LogP contribution < -0.4 is 0 Å². The van der Waals surface area contributed by atoms with Gasteiger partial charge in [-0.25, -0.2) is 0 Å². The summed E-state index contributed by atoms with van der Waals surface area (Å²) in [5.41, 5.74) is 4.97. The average Bonchev–Trinajstić information content (AvgIpc) is 2.48. The fraction of sp³-hybridized carbons (Fsp3) is 0.278. The summed E-state index contributed by atoms with van der Waals surface area (Å²) in [7, 11) is 0. The second-order valence-electron chi connectivity index (χ2n) is 4.96. The summed E-state index contributed by atoms with van der Waals surface area (Å²) in [6.45, 7) is 6.20. The highest BCUT2D eigenvalue weighted by Crippen LogP contribution is 2.25. The molecule has 2 rings (SSSR count). The second kappa shape index (κ2) is 6.36. The van der Waals surface area contributed by atoms with Gasteiger partial charge in [-0.05, 0) is 64.5 Å². The lowest BCUT2D eigenvalue weighted by molar-refractivity contribution is 0.103. The highest BCUT2D eigenvalue weighted by molar-refractivity contribution is 9.10. The van der Waals surface area contributed by atoms with Gasteiger partial charge in [0.15, 0.2) is 5.78 Å². The molecule has 0 radical (unpaired) electrons. The van der Waals surface area contributed by atoms with E-state index in [-0.39, 0.29) is 5.78 Å². The van der Waals surface area contributed by atoms with Crippen LogP contribution in [0.15, 0.2) is 40.9 Å². The van der Waals surface area contributed by atoms with Crippen LogP contribution in [0.25, 0.3) is 0 Å². The van der Waals surface area contributed by atoms with Crippen molar-refractivity contribution in [3.63, 3.8) is 0 Å². The molecular weight excluding hydrogens is 312 g/mol. The summed E-state index contributed by atoms with van der Waals surface area (Å²) in [5.74, 6) is 0.104. The normalized spacial score (nSPS) is 10.6. The molecule has 0 spiro atoms. The molecule has 2 aromatic carbocycles. The molecule has 0 heterocycles. The molecular formula is C18H19BrO. The Morgan fingerprint density at radius 1 is 1.05 bits per heavy atom. The van der Waals surface area contributed by atoms with Crippen LogP contribution in [0.3, 0.4) is 0 Å². The van der Waals surface area contributed by atoms with Crippen LogP contribution >= 0.6 is 15.9 Å². The van der Waals surface area contributed by atoms with E-state index in [0.717, 1.165) is 39.6 Å². The largest absolute Gasteiger partial charge is 0.289 e. The Hall–Kier alpha value is -1.41. The number of rotatable bonds is 4. The van der Waals surface area contributed by atoms with E-state index in [1.165, 1.54) is 5.56 Å². The summed E-state index contributed by atoms with van der Waals surface area (Å²) in [5, 5.41) is 0. The van der Waals surface area contributed by atoms with E-state index in [0.29, 0.717) is 0 Å². The molecule has 0 aliphatic heterocycles. The molecule has 0 N–H and O–H groups in total. The van der Waals surface area contributed by atoms with Crippen LogP contribution in [0.2, 0.25) is 0 Å². The summed E-state index contributed by atoms with van der Waals surface area (Å²) >= 11 is 3.54. The number of hydrogen-bond acceptors (Lipinski definition) is 1. The average molecular weight is 331 g/mol. The fourth-order valence-electron chi connectivity index (χ4n) is 2.33. The first kappa shape index (κ1) is 15.0. The third-order valence-electron chi connectivity index (χ3n) is 3.64. The van der Waals surface area contributed by atoms with Crippen molar-refractivity contribution in [1.29, 1.82) is 0 Å². The molecule has 0 aromatic heterocycles. The van der Waals surface area contributed by atoms with E-state index in [1.807, 2.05) is 31.2 Å². The molecule has 0 fully saturated rings. The number of halogens is 1. The van der Waals surface area contributed by atoms with Gasteiger partial charge in [0.2, 0.25) is 0 Å². The van der Waals surface area contributed by atoms with E-state index in [9.17, 15) is 4.79 Å². The van der Waals surface area contributed by atoms with E-state index < -0.39 is 0 Å². The fourth-order valence-corrected chi connectivity index (χ4v) is 2.78. The monoisotopic (exact) mass is 330 g/mol. The molecule has 0 atom stereocenters.